The third-order valence-electron chi connectivity index (χ3n) is 1.35. The zero-order valence-corrected chi connectivity index (χ0v) is 6.12. The Morgan fingerprint density at radius 1 is 1.58 bits per heavy atom. The lowest BCUT2D eigenvalue weighted by Gasteiger charge is -2.04. The van der Waals surface area contributed by atoms with Crippen LogP contribution in [0.4, 0.5) is 13.2 Å². The van der Waals surface area contributed by atoms with E-state index in [9.17, 15) is 13.2 Å². The number of nitrogens with two attached hydrogens (primary N) is 1. The molecule has 2 unspecified atom stereocenters. The van der Waals surface area contributed by atoms with Gasteiger partial charge in [-0.15, -0.1) is 0 Å². The van der Waals surface area contributed by atoms with Crippen LogP contribution in [0, 0.1) is 0 Å². The number of hydrogen-bond donors (Lipinski definition) is 1. The van der Waals surface area contributed by atoms with Gasteiger partial charge >= 0.3 is 0 Å². The summed E-state index contributed by atoms with van der Waals surface area (Å²) in [7, 11) is 0. The van der Waals surface area contributed by atoms with E-state index in [1.54, 1.807) is 0 Å². The van der Waals surface area contributed by atoms with Gasteiger partial charge in [-0.05, 0) is 0 Å². The molecule has 0 saturated heterocycles. The first kappa shape index (κ1) is 9.05. The van der Waals surface area contributed by atoms with Gasteiger partial charge in [0.2, 0.25) is 0 Å². The van der Waals surface area contributed by atoms with Crippen LogP contribution in [0.3, 0.4) is 0 Å². The van der Waals surface area contributed by atoms with E-state index in [0.29, 0.717) is 0 Å². The molecule has 1 aromatic heterocycles. The van der Waals surface area contributed by atoms with Crippen LogP contribution in [-0.4, -0.2) is 15.8 Å². The molecule has 0 bridgehead atoms. The SMILES string of the molecule is NC(F)C(F)c1cn(CF)cn1. The maximum atomic E-state index is 12.7. The summed E-state index contributed by atoms with van der Waals surface area (Å²) in [5.41, 5.74) is 4.44. The molecule has 0 spiro atoms. The molecule has 1 rings (SSSR count). The van der Waals surface area contributed by atoms with E-state index < -0.39 is 19.3 Å². The maximum absolute atomic E-state index is 12.7. The molecule has 0 aliphatic rings. The van der Waals surface area contributed by atoms with Crippen molar-refractivity contribution in [3.8, 4) is 0 Å². The van der Waals surface area contributed by atoms with E-state index in [0.717, 1.165) is 17.1 Å². The van der Waals surface area contributed by atoms with Crippen molar-refractivity contribution in [3.63, 3.8) is 0 Å². The fourth-order valence-corrected chi connectivity index (χ4v) is 0.748. The van der Waals surface area contributed by atoms with Crippen LogP contribution in [0.15, 0.2) is 12.5 Å². The second kappa shape index (κ2) is 3.57. The summed E-state index contributed by atoms with van der Waals surface area (Å²) in [6.45, 7) is -0.818. The monoisotopic (exact) mass is 179 g/mol. The molecule has 0 aliphatic carbocycles. The minimum atomic E-state index is -2.12. The predicted octanol–water partition coefficient (Wildman–Crippen LogP) is 1.07. The molecule has 6 heteroatoms. The number of nitrogens with zero attached hydrogens (tertiary/aromatic N) is 2. The zero-order valence-electron chi connectivity index (χ0n) is 6.12. The number of halogens is 3. The second-order valence-electron chi connectivity index (χ2n) is 2.28. The highest BCUT2D eigenvalue weighted by Gasteiger charge is 2.20. The highest BCUT2D eigenvalue weighted by Crippen LogP contribution is 2.18. The molecule has 2 atom stereocenters. The van der Waals surface area contributed by atoms with E-state index >= 15 is 0 Å². The van der Waals surface area contributed by atoms with Crippen molar-refractivity contribution in [2.75, 3.05) is 0 Å². The van der Waals surface area contributed by atoms with E-state index in [1.807, 2.05) is 0 Å². The summed E-state index contributed by atoms with van der Waals surface area (Å²) in [5.74, 6) is 0. The fraction of sp³-hybridized carbons (Fsp3) is 0.500. The normalized spacial score (nSPS) is 16.0. The van der Waals surface area contributed by atoms with Gasteiger partial charge in [-0.1, -0.05) is 0 Å². The van der Waals surface area contributed by atoms with Crippen LogP contribution in [0.1, 0.15) is 11.9 Å². The topological polar surface area (TPSA) is 43.8 Å². The van der Waals surface area contributed by atoms with E-state index in [-0.39, 0.29) is 5.69 Å². The van der Waals surface area contributed by atoms with Crippen molar-refractivity contribution in [1.82, 2.24) is 9.55 Å². The lowest BCUT2D eigenvalue weighted by Crippen LogP contribution is -2.20. The van der Waals surface area contributed by atoms with Crippen LogP contribution in [0.2, 0.25) is 0 Å². The van der Waals surface area contributed by atoms with Crippen LogP contribution in [0.5, 0.6) is 0 Å². The summed E-state index contributed by atoms with van der Waals surface area (Å²) < 4.78 is 37.7. The molecule has 1 aromatic rings. The molecule has 12 heavy (non-hydrogen) atoms. The van der Waals surface area contributed by atoms with Crippen molar-refractivity contribution in [2.45, 2.75) is 19.3 Å². The summed E-state index contributed by atoms with van der Waals surface area (Å²) in [6.07, 6.45) is -1.96. The summed E-state index contributed by atoms with van der Waals surface area (Å²) >= 11 is 0. The molecule has 1 heterocycles. The Morgan fingerprint density at radius 2 is 2.25 bits per heavy atom. The molecular weight excluding hydrogens is 171 g/mol. The van der Waals surface area contributed by atoms with Gasteiger partial charge in [-0.25, -0.2) is 18.2 Å². The first-order valence-corrected chi connectivity index (χ1v) is 3.26. The first-order valence-electron chi connectivity index (χ1n) is 3.26. The van der Waals surface area contributed by atoms with Crippen molar-refractivity contribution in [2.24, 2.45) is 5.73 Å². The molecule has 0 fully saturated rings. The van der Waals surface area contributed by atoms with Crippen LogP contribution in [-0.2, 0) is 6.80 Å². The minimum Gasteiger partial charge on any atom is -0.309 e. The van der Waals surface area contributed by atoms with Crippen LogP contribution in [0.25, 0.3) is 0 Å². The Kier molecular flexibility index (Phi) is 2.69. The van der Waals surface area contributed by atoms with Gasteiger partial charge in [0, 0.05) is 6.20 Å². The third kappa shape index (κ3) is 1.76. The minimum absolute atomic E-state index is 0.192. The average molecular weight is 179 g/mol. The standard InChI is InChI=1S/C6H8F3N3/c7-2-12-1-4(11-3-12)5(8)6(9)10/h1,3,5-6H,2,10H2. The highest BCUT2D eigenvalue weighted by molar-refractivity contribution is 5.02. The van der Waals surface area contributed by atoms with Gasteiger partial charge in [0.15, 0.2) is 19.3 Å². The molecule has 0 aromatic carbocycles. The van der Waals surface area contributed by atoms with Crippen LogP contribution < -0.4 is 5.73 Å². The summed E-state index contributed by atoms with van der Waals surface area (Å²) in [5, 5.41) is 0. The highest BCUT2D eigenvalue weighted by atomic mass is 19.2. The molecule has 0 aliphatic heterocycles. The molecule has 0 saturated carbocycles. The molecule has 0 amide bonds. The fourth-order valence-electron chi connectivity index (χ4n) is 0.748. The number of hydrogen-bond acceptors (Lipinski definition) is 2. The largest absolute Gasteiger partial charge is 0.309 e. The number of rotatable bonds is 3. The van der Waals surface area contributed by atoms with Crippen molar-refractivity contribution >= 4 is 0 Å². The molecule has 2 N–H and O–H groups in total. The number of aromatic nitrogens is 2. The van der Waals surface area contributed by atoms with Crippen molar-refractivity contribution < 1.29 is 13.2 Å². The van der Waals surface area contributed by atoms with E-state index in [4.69, 9.17) is 0 Å². The quantitative estimate of drug-likeness (QED) is 0.705. The predicted molar refractivity (Wildman–Crippen MR) is 36.3 cm³/mol. The molecular formula is C6H8F3N3. The summed E-state index contributed by atoms with van der Waals surface area (Å²) in [4.78, 5) is 3.44. The van der Waals surface area contributed by atoms with E-state index in [1.165, 1.54) is 0 Å². The molecule has 0 radical (unpaired) electrons. The average Bonchev–Trinajstić information content (AvgIpc) is 2.50. The van der Waals surface area contributed by atoms with Gasteiger partial charge < -0.3 is 4.57 Å². The molecule has 68 valence electrons. The van der Waals surface area contributed by atoms with Gasteiger partial charge in [0.25, 0.3) is 0 Å². The first-order chi connectivity index (χ1) is 5.65. The van der Waals surface area contributed by atoms with Gasteiger partial charge in [0.05, 0.1) is 12.0 Å². The number of alkyl halides is 3. The lowest BCUT2D eigenvalue weighted by molar-refractivity contribution is 0.170. The van der Waals surface area contributed by atoms with Crippen molar-refractivity contribution in [1.29, 1.82) is 0 Å². The van der Waals surface area contributed by atoms with Gasteiger partial charge in [-0.3, -0.25) is 5.73 Å². The Balaban J connectivity index is 2.74. The Bertz CT molecular complexity index is 248. The Morgan fingerprint density at radius 3 is 2.67 bits per heavy atom. The zero-order chi connectivity index (χ0) is 9.14. The van der Waals surface area contributed by atoms with E-state index in [2.05, 4.69) is 10.7 Å². The number of imidazole rings is 1. The lowest BCUT2D eigenvalue weighted by atomic mass is 10.3. The second-order valence-corrected chi connectivity index (χ2v) is 2.28. The Labute approximate surface area is 67.0 Å². The molecule has 3 nitrogen and oxygen atoms in total. The van der Waals surface area contributed by atoms with Crippen LogP contribution >= 0.6 is 0 Å². The van der Waals surface area contributed by atoms with Gasteiger partial charge in [-0.2, -0.15) is 0 Å². The summed E-state index contributed by atoms with van der Waals surface area (Å²) in [6, 6.07) is 0. The van der Waals surface area contributed by atoms with Crippen molar-refractivity contribution in [3.05, 3.63) is 18.2 Å². The third-order valence-corrected chi connectivity index (χ3v) is 1.35. The Hall–Kier alpha value is -1.04. The van der Waals surface area contributed by atoms with Gasteiger partial charge in [0.1, 0.15) is 0 Å². The maximum Gasteiger partial charge on any atom is 0.187 e. The smallest absolute Gasteiger partial charge is 0.187 e.